The first-order valence-electron chi connectivity index (χ1n) is 14.1. The average Bonchev–Trinajstić information content (AvgIpc) is 3.69. The van der Waals surface area contributed by atoms with Gasteiger partial charge in [-0.3, -0.25) is 4.98 Å². The molecule has 0 saturated heterocycles. The van der Waals surface area contributed by atoms with E-state index < -0.39 is 5.76 Å². The molecular formula is C29H35ClN6O3. The molecule has 10 heteroatoms. The van der Waals surface area contributed by atoms with Crippen LogP contribution in [0.5, 0.6) is 0 Å². The Bertz CT molecular complexity index is 1500. The fraction of sp³-hybridized carbons (Fsp3) is 0.552. The van der Waals surface area contributed by atoms with Gasteiger partial charge in [0.25, 0.3) is 5.89 Å². The average molecular weight is 551 g/mol. The largest absolute Gasteiger partial charge is 0.434 e. The number of rotatable bonds is 8. The van der Waals surface area contributed by atoms with Crippen molar-refractivity contribution in [1.29, 1.82) is 0 Å². The first-order chi connectivity index (χ1) is 18.9. The molecule has 2 saturated carbocycles. The molecule has 206 valence electrons. The lowest BCUT2D eigenvalue weighted by Gasteiger charge is -2.27. The molecule has 2 fully saturated rings. The maximum absolute atomic E-state index is 11.7. The van der Waals surface area contributed by atoms with Crippen LogP contribution in [0.15, 0.2) is 33.7 Å². The van der Waals surface area contributed by atoms with Gasteiger partial charge < -0.3 is 13.7 Å². The van der Waals surface area contributed by atoms with E-state index in [1.54, 1.807) is 12.4 Å². The summed E-state index contributed by atoms with van der Waals surface area (Å²) >= 11 is 6.36. The molecule has 0 spiro atoms. The van der Waals surface area contributed by atoms with Crippen molar-refractivity contribution in [2.24, 2.45) is 17.8 Å². The molecule has 0 aliphatic heterocycles. The summed E-state index contributed by atoms with van der Waals surface area (Å²) in [5, 5.41) is 6.85. The van der Waals surface area contributed by atoms with Gasteiger partial charge >= 0.3 is 5.76 Å². The molecule has 9 nitrogen and oxygen atoms in total. The Balaban J connectivity index is 1.46. The number of imidazole rings is 1. The summed E-state index contributed by atoms with van der Waals surface area (Å²) in [6.07, 6.45) is 13.4. The third-order valence-electron chi connectivity index (χ3n) is 8.55. The van der Waals surface area contributed by atoms with Crippen LogP contribution in [0.4, 0.5) is 0 Å². The molecule has 39 heavy (non-hydrogen) atoms. The first kappa shape index (κ1) is 26.2. The molecule has 2 aliphatic carbocycles. The fourth-order valence-corrected chi connectivity index (χ4v) is 6.42. The number of aromatic amines is 1. The third kappa shape index (κ3) is 5.65. The van der Waals surface area contributed by atoms with Crippen LogP contribution < -0.4 is 5.76 Å². The second-order valence-corrected chi connectivity index (χ2v) is 11.8. The van der Waals surface area contributed by atoms with E-state index in [2.05, 4.69) is 33.6 Å². The predicted octanol–water partition coefficient (Wildman–Crippen LogP) is 6.41. The number of aromatic nitrogens is 6. The SMILES string of the molecule is CC1CCC(Cn2c(COC(C)C3CCCC3)nc3cc(-c4n[nH]c(=O)o4)nc(-c4cncc(Cl)c4)c32)CC1. The highest BCUT2D eigenvalue weighted by atomic mass is 35.5. The third-order valence-corrected chi connectivity index (χ3v) is 8.76. The minimum Gasteiger partial charge on any atom is -0.386 e. The van der Waals surface area contributed by atoms with Gasteiger partial charge in [0.15, 0.2) is 0 Å². The number of ether oxygens (including phenoxy) is 1. The van der Waals surface area contributed by atoms with Crippen molar-refractivity contribution in [2.45, 2.75) is 84.5 Å². The minimum atomic E-state index is -0.634. The lowest BCUT2D eigenvalue weighted by molar-refractivity contribution is 0.0104. The Morgan fingerprint density at radius 2 is 1.92 bits per heavy atom. The van der Waals surface area contributed by atoms with Crippen LogP contribution in [0.25, 0.3) is 33.9 Å². The molecule has 4 aromatic rings. The Hall–Kier alpha value is -3.04. The van der Waals surface area contributed by atoms with Crippen molar-refractivity contribution in [3.63, 3.8) is 0 Å². The Labute approximate surface area is 232 Å². The summed E-state index contributed by atoms with van der Waals surface area (Å²) in [5.41, 5.74) is 3.51. The number of fused-ring (bicyclic) bond motifs is 1. The van der Waals surface area contributed by atoms with Crippen LogP contribution in [-0.2, 0) is 17.9 Å². The van der Waals surface area contributed by atoms with E-state index in [1.807, 2.05) is 12.1 Å². The highest BCUT2D eigenvalue weighted by Gasteiger charge is 2.27. The van der Waals surface area contributed by atoms with Gasteiger partial charge in [0.2, 0.25) is 0 Å². The summed E-state index contributed by atoms with van der Waals surface area (Å²) in [6, 6.07) is 3.68. The molecule has 1 unspecified atom stereocenters. The van der Waals surface area contributed by atoms with E-state index in [-0.39, 0.29) is 12.0 Å². The summed E-state index contributed by atoms with van der Waals surface area (Å²) in [5.74, 6) is 2.29. The Kier molecular flexibility index (Phi) is 7.53. The van der Waals surface area contributed by atoms with Gasteiger partial charge in [-0.2, -0.15) is 0 Å². The van der Waals surface area contributed by atoms with E-state index in [0.717, 1.165) is 34.9 Å². The quantitative estimate of drug-likeness (QED) is 0.269. The van der Waals surface area contributed by atoms with E-state index in [1.165, 1.54) is 51.4 Å². The van der Waals surface area contributed by atoms with Gasteiger partial charge in [-0.15, -0.1) is 5.10 Å². The number of H-pyrrole nitrogens is 1. The molecule has 1 N–H and O–H groups in total. The second-order valence-electron chi connectivity index (χ2n) is 11.4. The minimum absolute atomic E-state index is 0.113. The van der Waals surface area contributed by atoms with Crippen molar-refractivity contribution in [3.05, 3.63) is 45.9 Å². The lowest BCUT2D eigenvalue weighted by Crippen LogP contribution is -2.22. The molecule has 0 bridgehead atoms. The van der Waals surface area contributed by atoms with Crippen LogP contribution in [0.2, 0.25) is 5.02 Å². The number of hydrogen-bond acceptors (Lipinski definition) is 7. The number of nitrogens with zero attached hydrogens (tertiary/aromatic N) is 5. The maximum atomic E-state index is 11.7. The molecule has 4 aromatic heterocycles. The van der Waals surface area contributed by atoms with Crippen LogP contribution in [0, 0.1) is 17.8 Å². The molecule has 6 rings (SSSR count). The van der Waals surface area contributed by atoms with Gasteiger partial charge in [-0.25, -0.2) is 19.9 Å². The standard InChI is InChI=1S/C29H35ClN6O3/c1-17-7-9-19(10-8-17)15-36-25(16-38-18(2)20-5-3-4-6-20)32-23-12-24(28-34-35-29(37)39-28)33-26(27(23)36)21-11-22(30)14-31-13-21/h11-14,17-20H,3-10,15-16H2,1-2H3,(H,35,37). The van der Waals surface area contributed by atoms with Crippen molar-refractivity contribution >= 4 is 22.6 Å². The highest BCUT2D eigenvalue weighted by molar-refractivity contribution is 6.30. The molecule has 0 aromatic carbocycles. The molecular weight excluding hydrogens is 516 g/mol. The summed E-state index contributed by atoms with van der Waals surface area (Å²) < 4.78 is 14.0. The van der Waals surface area contributed by atoms with Crippen molar-refractivity contribution in [2.75, 3.05) is 0 Å². The summed E-state index contributed by atoms with van der Waals surface area (Å²) in [6.45, 7) is 5.80. The van der Waals surface area contributed by atoms with Gasteiger partial charge in [-0.1, -0.05) is 44.2 Å². The first-order valence-corrected chi connectivity index (χ1v) is 14.5. The smallest absolute Gasteiger partial charge is 0.386 e. The molecule has 2 aliphatic rings. The van der Waals surface area contributed by atoms with Crippen LogP contribution in [0.3, 0.4) is 0 Å². The van der Waals surface area contributed by atoms with Crippen LogP contribution in [-0.4, -0.2) is 35.8 Å². The number of halogens is 1. The molecule has 0 amide bonds. The molecule has 0 radical (unpaired) electrons. The van der Waals surface area contributed by atoms with Gasteiger partial charge in [0.1, 0.15) is 18.1 Å². The van der Waals surface area contributed by atoms with Crippen LogP contribution >= 0.6 is 11.6 Å². The van der Waals surface area contributed by atoms with Gasteiger partial charge in [-0.05, 0) is 62.5 Å². The highest BCUT2D eigenvalue weighted by Crippen LogP contribution is 2.36. The zero-order chi connectivity index (χ0) is 26.9. The summed E-state index contributed by atoms with van der Waals surface area (Å²) in [4.78, 5) is 26.0. The number of pyridine rings is 2. The number of hydrogen-bond donors (Lipinski definition) is 1. The van der Waals surface area contributed by atoms with E-state index in [0.29, 0.717) is 34.9 Å². The zero-order valence-electron chi connectivity index (χ0n) is 22.5. The zero-order valence-corrected chi connectivity index (χ0v) is 23.3. The summed E-state index contributed by atoms with van der Waals surface area (Å²) in [7, 11) is 0. The van der Waals surface area contributed by atoms with Crippen molar-refractivity contribution < 1.29 is 9.15 Å². The topological polar surface area (TPSA) is 112 Å². The number of nitrogens with one attached hydrogen (secondary N) is 1. The van der Waals surface area contributed by atoms with Gasteiger partial charge in [0, 0.05) is 24.5 Å². The Morgan fingerprint density at radius 3 is 2.64 bits per heavy atom. The normalized spacial score (nSPS) is 21.1. The van der Waals surface area contributed by atoms with Crippen molar-refractivity contribution in [1.82, 2.24) is 29.7 Å². The lowest BCUT2D eigenvalue weighted by atomic mass is 9.83. The Morgan fingerprint density at radius 1 is 1.13 bits per heavy atom. The van der Waals surface area contributed by atoms with E-state index in [9.17, 15) is 4.79 Å². The van der Waals surface area contributed by atoms with E-state index in [4.69, 9.17) is 30.7 Å². The maximum Gasteiger partial charge on any atom is 0.434 e. The van der Waals surface area contributed by atoms with Crippen LogP contribution in [0.1, 0.15) is 71.0 Å². The molecule has 4 heterocycles. The van der Waals surface area contributed by atoms with Gasteiger partial charge in [0.05, 0.1) is 27.9 Å². The predicted molar refractivity (Wildman–Crippen MR) is 149 cm³/mol. The van der Waals surface area contributed by atoms with E-state index >= 15 is 0 Å². The monoisotopic (exact) mass is 550 g/mol. The second kappa shape index (κ2) is 11.2. The van der Waals surface area contributed by atoms with Crippen molar-refractivity contribution in [3.8, 4) is 22.8 Å². The molecule has 1 atom stereocenters. The fourth-order valence-electron chi connectivity index (χ4n) is 6.24.